The minimum Gasteiger partial charge on any atom is -0.363 e. The molecule has 6 nitrogen and oxygen atoms in total. The van der Waals surface area contributed by atoms with Crippen molar-refractivity contribution < 1.29 is 28.4 Å². The fourth-order valence-electron chi connectivity index (χ4n) is 4.14. The van der Waals surface area contributed by atoms with Gasteiger partial charge in [0.25, 0.3) is 0 Å². The lowest BCUT2D eigenvalue weighted by Gasteiger charge is -2.25. The van der Waals surface area contributed by atoms with Gasteiger partial charge in [-0.05, 0) is 43.8 Å². The molecule has 33 heavy (non-hydrogen) atoms. The molecule has 8 heteroatoms. The average Bonchev–Trinajstić information content (AvgIpc) is 2.75. The first-order valence-corrected chi connectivity index (χ1v) is 15.3. The Bertz CT molecular complexity index is 645. The third-order valence-corrected chi connectivity index (χ3v) is 6.97. The van der Waals surface area contributed by atoms with E-state index in [1.807, 2.05) is 12.2 Å². The van der Waals surface area contributed by atoms with Crippen molar-refractivity contribution in [2.24, 2.45) is 0 Å². The predicted octanol–water partition coefficient (Wildman–Crippen LogP) is 7.18. The number of hydrogen-bond acceptors (Lipinski definition) is 4. The molecule has 0 heterocycles. The maximum absolute atomic E-state index is 13.0. The van der Waals surface area contributed by atoms with Crippen LogP contribution in [-0.2, 0) is 18.6 Å². The molecule has 3 unspecified atom stereocenters. The lowest BCUT2D eigenvalue weighted by atomic mass is 9.94. The van der Waals surface area contributed by atoms with Gasteiger partial charge in [-0.25, -0.2) is 4.57 Å². The molecule has 0 amide bonds. The van der Waals surface area contributed by atoms with Crippen LogP contribution in [0.4, 0.5) is 0 Å². The Morgan fingerprint density at radius 2 is 1.61 bits per heavy atom. The van der Waals surface area contributed by atoms with Crippen molar-refractivity contribution in [3.8, 4) is 0 Å². The molecule has 0 aromatic heterocycles. The van der Waals surface area contributed by atoms with Gasteiger partial charge in [-0.2, -0.15) is 0 Å². The molecule has 1 aliphatic rings. The third kappa shape index (κ3) is 14.6. The summed E-state index contributed by atoms with van der Waals surface area (Å²) in [5, 5.41) is 0.563. The van der Waals surface area contributed by atoms with Crippen molar-refractivity contribution in [2.45, 2.75) is 122 Å². The van der Waals surface area contributed by atoms with Crippen molar-refractivity contribution >= 4 is 29.5 Å². The largest absolute Gasteiger partial charge is 0.469 e. The van der Waals surface area contributed by atoms with E-state index in [1.165, 1.54) is 44.9 Å². The number of phosphoric ester groups is 1. The SMILES string of the molecule is CCCCCCCCCCC(CCC)OC1C=CC=C(CCC(CCBr)OP(=O)(O)O)C1=O. The highest BCUT2D eigenvalue weighted by Gasteiger charge is 2.27. The monoisotopic (exact) mass is 550 g/mol. The molecular formula is C25H44BrO6P. The molecule has 0 saturated heterocycles. The molecule has 3 atom stereocenters. The molecule has 0 aromatic rings. The molecule has 2 N–H and O–H groups in total. The Morgan fingerprint density at radius 3 is 2.21 bits per heavy atom. The molecular weight excluding hydrogens is 507 g/mol. The van der Waals surface area contributed by atoms with Crippen LogP contribution < -0.4 is 0 Å². The Balaban J connectivity index is 2.48. The highest BCUT2D eigenvalue weighted by molar-refractivity contribution is 9.09. The topological polar surface area (TPSA) is 93.1 Å². The lowest BCUT2D eigenvalue weighted by molar-refractivity contribution is -0.128. The Hall–Kier alpha value is -0.300. The molecule has 1 aliphatic carbocycles. The Morgan fingerprint density at radius 1 is 0.939 bits per heavy atom. The maximum atomic E-state index is 13.0. The zero-order valence-corrected chi connectivity index (χ0v) is 22.9. The van der Waals surface area contributed by atoms with E-state index in [-0.39, 0.29) is 11.9 Å². The Kier molecular flexibility index (Phi) is 16.8. The second-order valence-corrected chi connectivity index (χ2v) is 10.9. The molecule has 0 spiro atoms. The van der Waals surface area contributed by atoms with Crippen molar-refractivity contribution in [3.05, 3.63) is 23.8 Å². The first-order chi connectivity index (χ1) is 15.8. The molecule has 0 radical (unpaired) electrons. The van der Waals surface area contributed by atoms with Crippen LogP contribution in [0.1, 0.15) is 104 Å². The zero-order chi connectivity index (χ0) is 24.5. The number of halogens is 1. The maximum Gasteiger partial charge on any atom is 0.469 e. The smallest absolute Gasteiger partial charge is 0.363 e. The van der Waals surface area contributed by atoms with E-state index in [0.717, 1.165) is 25.7 Å². The normalized spacial score (nSPS) is 18.4. The summed E-state index contributed by atoms with van der Waals surface area (Å²) in [5.41, 5.74) is 0.624. The number of Topliss-reactive ketones (excluding diaryl/α,β-unsaturated/α-hetero) is 1. The molecule has 0 aliphatic heterocycles. The highest BCUT2D eigenvalue weighted by Crippen LogP contribution is 2.39. The van der Waals surface area contributed by atoms with Gasteiger partial charge in [0.2, 0.25) is 0 Å². The molecule has 0 fully saturated rings. The highest BCUT2D eigenvalue weighted by atomic mass is 79.9. The van der Waals surface area contributed by atoms with Crippen LogP contribution in [0.5, 0.6) is 0 Å². The first-order valence-electron chi connectivity index (χ1n) is 12.7. The van der Waals surface area contributed by atoms with Crippen LogP contribution in [0.25, 0.3) is 0 Å². The lowest BCUT2D eigenvalue weighted by Crippen LogP contribution is -2.31. The van der Waals surface area contributed by atoms with Crippen LogP contribution in [0.15, 0.2) is 23.8 Å². The second kappa shape index (κ2) is 18.0. The number of alkyl halides is 1. The molecule has 192 valence electrons. The number of hydrogen-bond donors (Lipinski definition) is 2. The fourth-order valence-corrected chi connectivity index (χ4v) is 5.25. The number of ketones is 1. The number of allylic oxidation sites excluding steroid dienone is 2. The fraction of sp³-hybridized carbons (Fsp3) is 0.800. The van der Waals surface area contributed by atoms with Crippen molar-refractivity contribution in [3.63, 3.8) is 0 Å². The quantitative estimate of drug-likeness (QED) is 0.0946. The summed E-state index contributed by atoms with van der Waals surface area (Å²) < 4.78 is 22.3. The summed E-state index contributed by atoms with van der Waals surface area (Å²) in [4.78, 5) is 31.2. The van der Waals surface area contributed by atoms with Crippen molar-refractivity contribution in [1.29, 1.82) is 0 Å². The summed E-state index contributed by atoms with van der Waals surface area (Å²) in [6, 6.07) is 0. The van der Waals surface area contributed by atoms with Gasteiger partial charge < -0.3 is 14.5 Å². The van der Waals surface area contributed by atoms with Crippen molar-refractivity contribution in [2.75, 3.05) is 5.33 Å². The van der Waals surface area contributed by atoms with Crippen LogP contribution >= 0.6 is 23.8 Å². The van der Waals surface area contributed by atoms with Crippen molar-refractivity contribution in [1.82, 2.24) is 0 Å². The van der Waals surface area contributed by atoms with Gasteiger partial charge in [0, 0.05) is 5.33 Å². The first kappa shape index (κ1) is 30.7. The molecule has 0 bridgehead atoms. The number of rotatable bonds is 20. The number of carbonyl (C=O) groups excluding carboxylic acids is 1. The van der Waals surface area contributed by atoms with Crippen LogP contribution in [-0.4, -0.2) is 39.2 Å². The summed E-state index contributed by atoms with van der Waals surface area (Å²) in [5.74, 6) is -0.0525. The minimum absolute atomic E-state index is 0.0525. The van der Waals surface area contributed by atoms with Gasteiger partial charge in [0.15, 0.2) is 5.78 Å². The number of phosphoric acid groups is 1. The average molecular weight is 551 g/mol. The molecule has 0 saturated carbocycles. The van der Waals surface area contributed by atoms with E-state index in [9.17, 15) is 9.36 Å². The van der Waals surface area contributed by atoms with Gasteiger partial charge in [-0.3, -0.25) is 9.32 Å². The summed E-state index contributed by atoms with van der Waals surface area (Å²) in [6.45, 7) is 4.38. The number of unbranched alkanes of at least 4 members (excludes halogenated alkanes) is 7. The van der Waals surface area contributed by atoms with E-state index in [2.05, 4.69) is 29.8 Å². The molecule has 1 rings (SSSR count). The van der Waals surface area contributed by atoms with Gasteiger partial charge >= 0.3 is 7.82 Å². The summed E-state index contributed by atoms with van der Waals surface area (Å²) >= 11 is 3.29. The molecule has 0 aromatic carbocycles. The summed E-state index contributed by atoms with van der Waals surface area (Å²) in [7, 11) is -4.56. The van der Waals surface area contributed by atoms with Gasteiger partial charge in [0.05, 0.1) is 12.2 Å². The third-order valence-electron chi connectivity index (χ3n) is 5.94. The standard InChI is InChI=1S/C25H44BrO6P/c1-3-5-6-7-8-9-10-11-15-22(13-4-2)31-24-16-12-14-21(25(24)27)17-18-23(19-20-26)32-33(28,29)30/h12,14,16,22-24H,3-11,13,15,17-20H2,1-2H3,(H2,28,29,30). The van der Waals surface area contributed by atoms with Crippen LogP contribution in [0.2, 0.25) is 0 Å². The zero-order valence-electron chi connectivity index (χ0n) is 20.4. The van der Waals surface area contributed by atoms with E-state index in [0.29, 0.717) is 30.2 Å². The van der Waals surface area contributed by atoms with Crippen LogP contribution in [0.3, 0.4) is 0 Å². The van der Waals surface area contributed by atoms with E-state index in [4.69, 9.17) is 19.0 Å². The van der Waals surface area contributed by atoms with Gasteiger partial charge in [0.1, 0.15) is 6.10 Å². The van der Waals surface area contributed by atoms with Gasteiger partial charge in [-0.1, -0.05) is 99.7 Å². The van der Waals surface area contributed by atoms with Crippen LogP contribution in [0, 0.1) is 0 Å². The van der Waals surface area contributed by atoms with E-state index >= 15 is 0 Å². The number of carbonyl (C=O) groups is 1. The Labute approximate surface area is 209 Å². The van der Waals surface area contributed by atoms with Gasteiger partial charge in [-0.15, -0.1) is 0 Å². The summed E-state index contributed by atoms with van der Waals surface area (Å²) in [6.07, 6.45) is 18.7. The number of ether oxygens (including phenoxy) is 1. The van der Waals surface area contributed by atoms with E-state index in [1.54, 1.807) is 6.08 Å². The predicted molar refractivity (Wildman–Crippen MR) is 138 cm³/mol. The van der Waals surface area contributed by atoms with E-state index < -0.39 is 20.0 Å². The second-order valence-electron chi connectivity index (χ2n) is 8.91. The minimum atomic E-state index is -4.56.